The summed E-state index contributed by atoms with van der Waals surface area (Å²) < 4.78 is 0. The number of carbonyl (C=O) groups excluding carboxylic acids is 1. The Morgan fingerprint density at radius 2 is 2.25 bits per heavy atom. The molecule has 1 unspecified atom stereocenters. The van der Waals surface area contributed by atoms with Crippen LogP contribution in [0.3, 0.4) is 0 Å². The molecule has 0 saturated heterocycles. The Hall–Kier alpha value is -0.890. The Balaban J connectivity index is 2.61. The molecule has 0 aliphatic heterocycles. The third kappa shape index (κ3) is 2.05. The molecule has 1 atom stereocenters. The highest BCUT2D eigenvalue weighted by atomic mass is 16.1. The predicted octanol–water partition coefficient (Wildman–Crippen LogP) is 1.25. The van der Waals surface area contributed by atoms with E-state index in [-0.39, 0.29) is 11.7 Å². The van der Waals surface area contributed by atoms with Crippen molar-refractivity contribution in [3.8, 4) is 0 Å². The van der Waals surface area contributed by atoms with Crippen molar-refractivity contribution in [3.05, 3.63) is 23.8 Å². The quantitative estimate of drug-likeness (QED) is 0.627. The second kappa shape index (κ2) is 3.68. The summed E-state index contributed by atoms with van der Waals surface area (Å²) in [5.74, 6) is 0.268. The average Bonchev–Trinajstić information content (AvgIpc) is 2.33. The Morgan fingerprint density at radius 1 is 1.58 bits per heavy atom. The second-order valence-corrected chi connectivity index (χ2v) is 3.45. The largest absolute Gasteiger partial charge is 0.305 e. The van der Waals surface area contributed by atoms with E-state index >= 15 is 0 Å². The first-order valence-corrected chi connectivity index (χ1v) is 4.13. The van der Waals surface area contributed by atoms with E-state index in [2.05, 4.69) is 4.90 Å². The first-order valence-electron chi connectivity index (χ1n) is 4.13. The fourth-order valence-electron chi connectivity index (χ4n) is 1.43. The van der Waals surface area contributed by atoms with E-state index in [9.17, 15) is 4.79 Å². The van der Waals surface area contributed by atoms with E-state index in [0.29, 0.717) is 0 Å². The van der Waals surface area contributed by atoms with Crippen LogP contribution < -0.4 is 0 Å². The second-order valence-electron chi connectivity index (χ2n) is 3.45. The summed E-state index contributed by atoms with van der Waals surface area (Å²) in [6, 6.07) is 0. The van der Waals surface area contributed by atoms with Crippen LogP contribution in [-0.2, 0) is 4.79 Å². The Kier molecular flexibility index (Phi) is 2.82. The van der Waals surface area contributed by atoms with E-state index < -0.39 is 0 Å². The molecule has 0 aromatic heterocycles. The maximum Gasteiger partial charge on any atom is 0.140 e. The van der Waals surface area contributed by atoms with Gasteiger partial charge in [-0.25, -0.2) is 0 Å². The fraction of sp³-hybridized carbons (Fsp3) is 0.500. The normalized spacial score (nSPS) is 21.7. The number of likely N-dealkylation sites (N-methyl/N-ethyl adjacent to an activating group) is 1. The lowest BCUT2D eigenvalue weighted by Gasteiger charge is -2.15. The average molecular weight is 165 g/mol. The first kappa shape index (κ1) is 9.20. The number of hydrogen-bond donors (Lipinski definition) is 0. The Morgan fingerprint density at radius 3 is 2.75 bits per heavy atom. The summed E-state index contributed by atoms with van der Waals surface area (Å²) in [6.07, 6.45) is 5.96. The topological polar surface area (TPSA) is 20.3 Å². The van der Waals surface area contributed by atoms with Crippen LogP contribution in [0.5, 0.6) is 0 Å². The van der Waals surface area contributed by atoms with Crippen molar-refractivity contribution in [2.75, 3.05) is 20.6 Å². The SMILES string of the molecule is CC(=O)C1C=CC=C1CN(C)C. The summed E-state index contributed by atoms with van der Waals surface area (Å²) in [6.45, 7) is 2.51. The van der Waals surface area contributed by atoms with Gasteiger partial charge in [0, 0.05) is 6.54 Å². The third-order valence-electron chi connectivity index (χ3n) is 1.95. The number of ketones is 1. The zero-order valence-corrected chi connectivity index (χ0v) is 7.87. The van der Waals surface area contributed by atoms with Gasteiger partial charge in [0.25, 0.3) is 0 Å². The molecule has 0 radical (unpaired) electrons. The lowest BCUT2D eigenvalue weighted by molar-refractivity contribution is -0.118. The number of nitrogens with zero attached hydrogens (tertiary/aromatic N) is 1. The van der Waals surface area contributed by atoms with Gasteiger partial charge in [-0.05, 0) is 26.6 Å². The summed E-state index contributed by atoms with van der Waals surface area (Å²) in [7, 11) is 4.02. The number of rotatable bonds is 3. The molecule has 0 N–H and O–H groups in total. The number of Topliss-reactive ketones (excluding diaryl/α,β-unsaturated/α-hetero) is 1. The van der Waals surface area contributed by atoms with Crippen LogP contribution in [-0.4, -0.2) is 31.3 Å². The molecule has 66 valence electrons. The van der Waals surface area contributed by atoms with E-state index in [1.807, 2.05) is 32.3 Å². The van der Waals surface area contributed by atoms with E-state index in [1.165, 1.54) is 5.57 Å². The number of allylic oxidation sites excluding steroid dienone is 3. The predicted molar refractivity (Wildman–Crippen MR) is 49.9 cm³/mol. The molecule has 0 heterocycles. The van der Waals surface area contributed by atoms with Crippen molar-refractivity contribution >= 4 is 5.78 Å². The number of hydrogen-bond acceptors (Lipinski definition) is 2. The molecule has 2 heteroatoms. The maximum atomic E-state index is 11.1. The zero-order valence-electron chi connectivity index (χ0n) is 7.87. The van der Waals surface area contributed by atoms with Crippen LogP contribution >= 0.6 is 0 Å². The molecular weight excluding hydrogens is 150 g/mol. The van der Waals surface area contributed by atoms with Crippen LogP contribution in [0.15, 0.2) is 23.8 Å². The highest BCUT2D eigenvalue weighted by molar-refractivity contribution is 5.84. The molecule has 2 nitrogen and oxygen atoms in total. The summed E-state index contributed by atoms with van der Waals surface area (Å²) in [5, 5.41) is 0. The molecule has 0 aromatic rings. The van der Waals surface area contributed by atoms with Gasteiger partial charge in [0.15, 0.2) is 0 Å². The molecule has 0 bridgehead atoms. The van der Waals surface area contributed by atoms with Gasteiger partial charge >= 0.3 is 0 Å². The molecule has 1 rings (SSSR count). The van der Waals surface area contributed by atoms with Gasteiger partial charge in [-0.15, -0.1) is 0 Å². The molecule has 1 aliphatic rings. The van der Waals surface area contributed by atoms with Gasteiger partial charge in [0.1, 0.15) is 5.78 Å². The molecule has 0 spiro atoms. The van der Waals surface area contributed by atoms with Gasteiger partial charge in [-0.1, -0.05) is 18.2 Å². The van der Waals surface area contributed by atoms with Crippen LogP contribution in [0.1, 0.15) is 6.92 Å². The maximum absolute atomic E-state index is 11.1. The van der Waals surface area contributed by atoms with Crippen molar-refractivity contribution in [2.45, 2.75) is 6.92 Å². The molecule has 0 aromatic carbocycles. The molecule has 0 fully saturated rings. The minimum Gasteiger partial charge on any atom is -0.305 e. The van der Waals surface area contributed by atoms with Crippen LogP contribution in [0.25, 0.3) is 0 Å². The highest BCUT2D eigenvalue weighted by Crippen LogP contribution is 2.20. The van der Waals surface area contributed by atoms with Crippen LogP contribution in [0, 0.1) is 5.92 Å². The number of carbonyl (C=O) groups is 1. The standard InChI is InChI=1S/C10H15NO/c1-8(12)10-6-4-5-9(10)7-11(2)3/h4-6,10H,7H2,1-3H3. The first-order chi connectivity index (χ1) is 5.61. The summed E-state index contributed by atoms with van der Waals surface area (Å²) in [4.78, 5) is 13.2. The lowest BCUT2D eigenvalue weighted by atomic mass is 9.99. The van der Waals surface area contributed by atoms with Crippen molar-refractivity contribution in [3.63, 3.8) is 0 Å². The minimum absolute atomic E-state index is 0.0346. The third-order valence-corrected chi connectivity index (χ3v) is 1.95. The lowest BCUT2D eigenvalue weighted by Crippen LogP contribution is -2.21. The van der Waals surface area contributed by atoms with Gasteiger partial charge in [-0.3, -0.25) is 4.79 Å². The van der Waals surface area contributed by atoms with E-state index in [0.717, 1.165) is 6.54 Å². The van der Waals surface area contributed by atoms with Crippen molar-refractivity contribution in [2.24, 2.45) is 5.92 Å². The Bertz CT molecular complexity index is 238. The van der Waals surface area contributed by atoms with Crippen LogP contribution in [0.2, 0.25) is 0 Å². The molecule has 12 heavy (non-hydrogen) atoms. The summed E-state index contributed by atoms with van der Waals surface area (Å²) in [5.41, 5.74) is 1.20. The van der Waals surface area contributed by atoms with Gasteiger partial charge in [-0.2, -0.15) is 0 Å². The van der Waals surface area contributed by atoms with Gasteiger partial charge in [0.05, 0.1) is 5.92 Å². The van der Waals surface area contributed by atoms with Crippen molar-refractivity contribution in [1.82, 2.24) is 4.90 Å². The van der Waals surface area contributed by atoms with E-state index in [4.69, 9.17) is 0 Å². The van der Waals surface area contributed by atoms with Gasteiger partial charge < -0.3 is 4.90 Å². The zero-order chi connectivity index (χ0) is 9.14. The van der Waals surface area contributed by atoms with E-state index in [1.54, 1.807) is 6.92 Å². The Labute approximate surface area is 73.6 Å². The molecule has 0 saturated carbocycles. The van der Waals surface area contributed by atoms with Crippen molar-refractivity contribution < 1.29 is 4.79 Å². The highest BCUT2D eigenvalue weighted by Gasteiger charge is 2.18. The van der Waals surface area contributed by atoms with Crippen LogP contribution in [0.4, 0.5) is 0 Å². The molecule has 1 aliphatic carbocycles. The van der Waals surface area contributed by atoms with Crippen molar-refractivity contribution in [1.29, 1.82) is 0 Å². The summed E-state index contributed by atoms with van der Waals surface area (Å²) >= 11 is 0. The molecular formula is C10H15NO. The minimum atomic E-state index is 0.0346. The molecule has 0 amide bonds. The smallest absolute Gasteiger partial charge is 0.140 e. The monoisotopic (exact) mass is 165 g/mol. The van der Waals surface area contributed by atoms with Gasteiger partial charge in [0.2, 0.25) is 0 Å². The fourth-order valence-corrected chi connectivity index (χ4v) is 1.43.